The number of carbonyl (C=O) groups excluding carboxylic acids is 3. The van der Waals surface area contributed by atoms with Crippen LogP contribution in [0.1, 0.15) is 77.0 Å². The highest BCUT2D eigenvalue weighted by molar-refractivity contribution is 6.00. The number of anilines is 1. The Kier molecular flexibility index (Phi) is 11.9. The van der Waals surface area contributed by atoms with E-state index in [1.165, 1.54) is 4.90 Å². The fraction of sp³-hybridized carbons (Fsp3) is 0.441. The third-order valence-electron chi connectivity index (χ3n) is 6.93. The lowest BCUT2D eigenvalue weighted by atomic mass is 10.0. The fourth-order valence-electron chi connectivity index (χ4n) is 4.79. The molecule has 0 aliphatic rings. The average Bonchev–Trinajstić information content (AvgIpc) is 2.94. The first-order valence-corrected chi connectivity index (χ1v) is 14.8. The maximum absolute atomic E-state index is 14.1. The summed E-state index contributed by atoms with van der Waals surface area (Å²) in [5.41, 5.74) is 1.48. The van der Waals surface area contributed by atoms with Gasteiger partial charge in [0.1, 0.15) is 17.7 Å². The maximum atomic E-state index is 14.1. The van der Waals surface area contributed by atoms with Gasteiger partial charge in [0.15, 0.2) is 0 Å². The summed E-state index contributed by atoms with van der Waals surface area (Å²) in [5.74, 6) is -0.942. The molecular formula is C34H45N3O5. The van der Waals surface area contributed by atoms with Crippen LogP contribution in [0.25, 0.3) is 10.8 Å². The van der Waals surface area contributed by atoms with Crippen molar-refractivity contribution in [2.75, 3.05) is 18.5 Å². The lowest BCUT2D eigenvalue weighted by Gasteiger charge is -2.34. The van der Waals surface area contributed by atoms with Crippen LogP contribution in [0.3, 0.4) is 0 Å². The van der Waals surface area contributed by atoms with Crippen LogP contribution in [0.15, 0.2) is 66.7 Å². The molecule has 0 spiro atoms. The molecule has 0 radical (unpaired) electrons. The van der Waals surface area contributed by atoms with Gasteiger partial charge < -0.3 is 25.4 Å². The van der Waals surface area contributed by atoms with Gasteiger partial charge in [0.05, 0.1) is 6.61 Å². The molecule has 42 heavy (non-hydrogen) atoms. The maximum Gasteiger partial charge on any atom is 0.408 e. The number of aryl methyl sites for hydroxylation is 1. The first-order valence-electron chi connectivity index (χ1n) is 14.8. The number of alkyl carbamates (subject to hydrolysis) is 1. The molecule has 0 aliphatic heterocycles. The number of hydrogen-bond donors (Lipinski definition) is 3. The quantitative estimate of drug-likeness (QED) is 0.201. The van der Waals surface area contributed by atoms with E-state index in [0.717, 1.165) is 42.0 Å². The second-order valence-corrected chi connectivity index (χ2v) is 11.7. The summed E-state index contributed by atoms with van der Waals surface area (Å²) in [5, 5.41) is 17.7. The van der Waals surface area contributed by atoms with Gasteiger partial charge in [0, 0.05) is 12.2 Å². The normalized spacial score (nSPS) is 12.8. The van der Waals surface area contributed by atoms with Crippen LogP contribution in [0.2, 0.25) is 0 Å². The number of nitrogens with one attached hydrogen (secondary N) is 2. The van der Waals surface area contributed by atoms with Crippen molar-refractivity contribution in [1.82, 2.24) is 10.2 Å². The highest BCUT2D eigenvalue weighted by Gasteiger charge is 2.36. The Labute approximate surface area is 249 Å². The van der Waals surface area contributed by atoms with Gasteiger partial charge in [-0.25, -0.2) is 4.79 Å². The molecule has 0 aromatic heterocycles. The Bertz CT molecular complexity index is 1330. The van der Waals surface area contributed by atoms with Crippen molar-refractivity contribution in [2.24, 2.45) is 0 Å². The molecule has 3 aromatic carbocycles. The van der Waals surface area contributed by atoms with Crippen LogP contribution in [-0.2, 0) is 14.3 Å². The molecule has 0 heterocycles. The van der Waals surface area contributed by atoms with E-state index in [1.807, 2.05) is 73.7 Å². The molecule has 2 unspecified atom stereocenters. The molecule has 3 N–H and O–H groups in total. The number of nitrogens with zero attached hydrogens (tertiary/aromatic N) is 1. The molecule has 3 aromatic rings. The van der Waals surface area contributed by atoms with Crippen molar-refractivity contribution >= 4 is 34.4 Å². The van der Waals surface area contributed by atoms with E-state index in [9.17, 15) is 19.5 Å². The van der Waals surface area contributed by atoms with Gasteiger partial charge >= 0.3 is 6.09 Å². The van der Waals surface area contributed by atoms with Gasteiger partial charge in [0.25, 0.3) is 5.91 Å². The van der Waals surface area contributed by atoms with Gasteiger partial charge in [-0.1, -0.05) is 92.8 Å². The smallest absolute Gasteiger partial charge is 0.408 e. The minimum Gasteiger partial charge on any atom is -0.444 e. The summed E-state index contributed by atoms with van der Waals surface area (Å²) >= 11 is 0. The Morgan fingerprint density at radius 3 is 2.21 bits per heavy atom. The molecule has 0 aliphatic carbocycles. The highest BCUT2D eigenvalue weighted by Crippen LogP contribution is 2.27. The van der Waals surface area contributed by atoms with Gasteiger partial charge in [-0.2, -0.15) is 0 Å². The molecule has 0 saturated carbocycles. The van der Waals surface area contributed by atoms with Crippen molar-refractivity contribution in [3.8, 4) is 0 Å². The minimum absolute atomic E-state index is 0.277. The van der Waals surface area contributed by atoms with Crippen LogP contribution < -0.4 is 10.6 Å². The summed E-state index contributed by atoms with van der Waals surface area (Å²) in [6.45, 7) is 8.88. The van der Waals surface area contributed by atoms with Crippen LogP contribution in [-0.4, -0.2) is 52.7 Å². The Morgan fingerprint density at radius 1 is 0.905 bits per heavy atom. The number of amides is 3. The van der Waals surface area contributed by atoms with Crippen LogP contribution in [0.4, 0.5) is 10.5 Å². The lowest BCUT2D eigenvalue weighted by Crippen LogP contribution is -2.54. The Balaban J connectivity index is 1.97. The van der Waals surface area contributed by atoms with Crippen LogP contribution >= 0.6 is 0 Å². The zero-order chi connectivity index (χ0) is 30.7. The number of hydrogen-bond acceptors (Lipinski definition) is 5. The Hall–Kier alpha value is -3.91. The fourth-order valence-corrected chi connectivity index (χ4v) is 4.79. The number of rotatable bonds is 13. The summed E-state index contributed by atoms with van der Waals surface area (Å²) in [7, 11) is 0. The summed E-state index contributed by atoms with van der Waals surface area (Å²) in [6.07, 6.45) is 3.91. The van der Waals surface area contributed by atoms with E-state index in [2.05, 4.69) is 17.6 Å². The van der Waals surface area contributed by atoms with E-state index in [0.29, 0.717) is 17.7 Å². The second-order valence-electron chi connectivity index (χ2n) is 11.7. The first-order chi connectivity index (χ1) is 20.0. The van der Waals surface area contributed by atoms with Gasteiger partial charge in [-0.3, -0.25) is 9.59 Å². The third-order valence-corrected chi connectivity index (χ3v) is 6.93. The van der Waals surface area contributed by atoms with E-state index in [-0.39, 0.29) is 12.5 Å². The largest absolute Gasteiger partial charge is 0.444 e. The number of unbranched alkanes of at least 4 members (excludes halogenated alkanes) is 4. The second kappa shape index (κ2) is 15.4. The predicted octanol–water partition coefficient (Wildman–Crippen LogP) is 6.51. The lowest BCUT2D eigenvalue weighted by molar-refractivity contribution is -0.141. The predicted molar refractivity (Wildman–Crippen MR) is 167 cm³/mol. The first kappa shape index (κ1) is 32.6. The molecule has 0 bridgehead atoms. The molecule has 3 amide bonds. The summed E-state index contributed by atoms with van der Waals surface area (Å²) in [6, 6.07) is 18.8. The molecule has 3 rings (SSSR count). The van der Waals surface area contributed by atoms with Gasteiger partial charge in [-0.15, -0.1) is 0 Å². The number of carbonyl (C=O) groups is 3. The van der Waals surface area contributed by atoms with Crippen molar-refractivity contribution < 1.29 is 24.2 Å². The summed E-state index contributed by atoms with van der Waals surface area (Å²) in [4.78, 5) is 42.1. The van der Waals surface area contributed by atoms with Gasteiger partial charge in [0.2, 0.25) is 5.91 Å². The van der Waals surface area contributed by atoms with Crippen molar-refractivity contribution in [1.29, 1.82) is 0 Å². The zero-order valence-corrected chi connectivity index (χ0v) is 25.5. The third kappa shape index (κ3) is 9.58. The van der Waals surface area contributed by atoms with Crippen molar-refractivity contribution in [3.05, 3.63) is 77.9 Å². The van der Waals surface area contributed by atoms with Crippen LogP contribution in [0, 0.1) is 6.92 Å². The molecule has 0 fully saturated rings. The van der Waals surface area contributed by atoms with Crippen molar-refractivity contribution in [3.63, 3.8) is 0 Å². The number of ether oxygens (including phenoxy) is 1. The van der Waals surface area contributed by atoms with E-state index < -0.39 is 36.3 Å². The SMILES string of the molecule is CCCCCCCN(C(=O)C(CO)NC(=O)OC(C)(C)C)C(C(=O)Nc1ccc2ccccc2c1)c1ccc(C)cc1. The highest BCUT2D eigenvalue weighted by atomic mass is 16.6. The van der Waals surface area contributed by atoms with E-state index >= 15 is 0 Å². The molecular weight excluding hydrogens is 530 g/mol. The molecule has 0 saturated heterocycles. The number of fused-ring (bicyclic) bond motifs is 1. The molecule has 8 nitrogen and oxygen atoms in total. The number of benzene rings is 3. The zero-order valence-electron chi connectivity index (χ0n) is 25.5. The molecule has 2 atom stereocenters. The van der Waals surface area contributed by atoms with Crippen LogP contribution in [0.5, 0.6) is 0 Å². The van der Waals surface area contributed by atoms with E-state index in [4.69, 9.17) is 4.74 Å². The van der Waals surface area contributed by atoms with E-state index in [1.54, 1.807) is 20.8 Å². The average molecular weight is 576 g/mol. The summed E-state index contributed by atoms with van der Waals surface area (Å²) < 4.78 is 5.33. The number of aliphatic hydroxyl groups excluding tert-OH is 1. The topological polar surface area (TPSA) is 108 Å². The number of aliphatic hydroxyl groups is 1. The molecule has 226 valence electrons. The molecule has 8 heteroatoms. The minimum atomic E-state index is -1.28. The van der Waals surface area contributed by atoms with Crippen molar-refractivity contribution in [2.45, 2.75) is 84.4 Å². The van der Waals surface area contributed by atoms with Gasteiger partial charge in [-0.05, 0) is 62.6 Å². The monoisotopic (exact) mass is 575 g/mol. The standard InChI is InChI=1S/C34H45N3O5/c1-6-7-8-9-12-21-37(32(40)29(23-38)36-33(41)42-34(3,4)5)30(26-17-15-24(2)16-18-26)31(39)35-28-20-19-25-13-10-11-14-27(25)22-28/h10-11,13-20,22,29-30,38H,6-9,12,21,23H2,1-5H3,(H,35,39)(H,36,41). The Morgan fingerprint density at radius 2 is 1.57 bits per heavy atom.